The highest BCUT2D eigenvalue weighted by Gasteiger charge is 1.99. The molecule has 0 saturated heterocycles. The number of hydrogen-bond donors (Lipinski definition) is 1. The third kappa shape index (κ3) is 9.71. The van der Waals surface area contributed by atoms with E-state index in [0.29, 0.717) is 5.69 Å². The molecule has 0 heterocycles. The van der Waals surface area contributed by atoms with Crippen LogP contribution in [0.5, 0.6) is 0 Å². The highest BCUT2D eigenvalue weighted by Crippen LogP contribution is 2.09. The van der Waals surface area contributed by atoms with Crippen LogP contribution in [0.4, 0.5) is 5.69 Å². The van der Waals surface area contributed by atoms with Crippen molar-refractivity contribution in [1.82, 2.24) is 0 Å². The van der Waals surface area contributed by atoms with Crippen LogP contribution in [-0.4, -0.2) is 14.7 Å². The topological polar surface area (TPSA) is 46.2 Å². The first-order chi connectivity index (χ1) is 7.89. The van der Waals surface area contributed by atoms with Crippen molar-refractivity contribution >= 4 is 27.5 Å². The molecular formula is C12H17NO2S2. The minimum Gasteiger partial charge on any atom is -0.284 e. The Kier molecular flexibility index (Phi) is 7.41. The van der Waals surface area contributed by atoms with E-state index >= 15 is 0 Å². The van der Waals surface area contributed by atoms with Gasteiger partial charge in [-0.1, -0.05) is 30.9 Å². The Morgan fingerprint density at radius 3 is 1.94 bits per heavy atom. The highest BCUT2D eigenvalue weighted by atomic mass is 32.2. The average Bonchev–Trinajstić information content (AvgIpc) is 2.22. The zero-order valence-corrected chi connectivity index (χ0v) is 11.6. The fraction of sp³-hybridized carbons (Fsp3) is 0.167. The van der Waals surface area contributed by atoms with Crippen LogP contribution in [0.15, 0.2) is 48.2 Å². The number of rotatable bonds is 4. The summed E-state index contributed by atoms with van der Waals surface area (Å²) in [5.74, 6) is 0. The lowest BCUT2D eigenvalue weighted by molar-refractivity contribution is 0.607. The zero-order chi connectivity index (χ0) is 13.3. The number of hydrogen-bond acceptors (Lipinski definition) is 3. The first-order valence-electron chi connectivity index (χ1n) is 4.80. The quantitative estimate of drug-likeness (QED) is 0.913. The molecule has 0 unspecified atom stereocenters. The summed E-state index contributed by atoms with van der Waals surface area (Å²) in [5.41, 5.74) is 1.71. The van der Waals surface area contributed by atoms with Crippen LogP contribution in [0, 0.1) is 6.92 Å². The molecule has 94 valence electrons. The van der Waals surface area contributed by atoms with Crippen molar-refractivity contribution in [2.45, 2.75) is 6.92 Å². The lowest BCUT2D eigenvalue weighted by atomic mass is 10.2. The fourth-order valence-corrected chi connectivity index (χ4v) is 1.60. The Hall–Kier alpha value is -1.20. The number of aryl methyl sites for hydroxylation is 1. The van der Waals surface area contributed by atoms with E-state index in [0.717, 1.165) is 11.8 Å². The van der Waals surface area contributed by atoms with Gasteiger partial charge in [-0.05, 0) is 29.9 Å². The van der Waals surface area contributed by atoms with Crippen molar-refractivity contribution in [3.8, 4) is 0 Å². The molecule has 1 rings (SSSR count). The maximum atomic E-state index is 10.8. The molecule has 1 N–H and O–H groups in total. The molecule has 17 heavy (non-hydrogen) atoms. The van der Waals surface area contributed by atoms with Crippen molar-refractivity contribution < 1.29 is 8.42 Å². The second kappa shape index (κ2) is 7.97. The van der Waals surface area contributed by atoms with Gasteiger partial charge in [-0.25, -0.2) is 8.42 Å². The van der Waals surface area contributed by atoms with Crippen LogP contribution >= 0.6 is 11.8 Å². The second-order valence-electron chi connectivity index (χ2n) is 3.21. The molecule has 3 nitrogen and oxygen atoms in total. The van der Waals surface area contributed by atoms with Crippen LogP contribution < -0.4 is 4.72 Å². The Balaban J connectivity index is 0.000000437. The van der Waals surface area contributed by atoms with E-state index in [4.69, 9.17) is 0 Å². The van der Waals surface area contributed by atoms with Gasteiger partial charge in [0.25, 0.3) is 0 Å². The second-order valence-corrected chi connectivity index (χ2v) is 5.90. The van der Waals surface area contributed by atoms with Gasteiger partial charge in [0.05, 0.1) is 6.26 Å². The molecule has 0 aliphatic rings. The lowest BCUT2D eigenvalue weighted by Crippen LogP contribution is -2.09. The minimum absolute atomic E-state index is 0.600. The standard InChI is InChI=1S/C8H11NO2S.C4H6S/c1-7-3-5-8(6-4-7)9-12(2,10)11;1-3-5-4-2/h3-6,9H,1-2H3;3-4H,1-2H2. The zero-order valence-electron chi connectivity index (χ0n) is 10.0. The summed E-state index contributed by atoms with van der Waals surface area (Å²) in [6.45, 7) is 8.83. The molecular weight excluding hydrogens is 254 g/mol. The molecule has 0 spiro atoms. The van der Waals surface area contributed by atoms with Crippen LogP contribution in [0.2, 0.25) is 0 Å². The first-order valence-corrected chi connectivity index (χ1v) is 7.64. The summed E-state index contributed by atoms with van der Waals surface area (Å²) in [5, 5.41) is 3.46. The molecule has 0 radical (unpaired) electrons. The maximum Gasteiger partial charge on any atom is 0.229 e. The van der Waals surface area contributed by atoms with E-state index in [1.54, 1.807) is 22.9 Å². The van der Waals surface area contributed by atoms with Crippen LogP contribution in [0.1, 0.15) is 5.56 Å². The molecule has 5 heteroatoms. The van der Waals surface area contributed by atoms with Gasteiger partial charge in [-0.3, -0.25) is 4.72 Å². The predicted octanol–water partition coefficient (Wildman–Crippen LogP) is 3.37. The Labute approximate surface area is 108 Å². The van der Waals surface area contributed by atoms with Crippen molar-refractivity contribution in [3.05, 3.63) is 53.8 Å². The van der Waals surface area contributed by atoms with Crippen LogP contribution in [0.25, 0.3) is 0 Å². The summed E-state index contributed by atoms with van der Waals surface area (Å²) in [6.07, 6.45) is 1.13. The van der Waals surface area contributed by atoms with Gasteiger partial charge in [0.15, 0.2) is 0 Å². The van der Waals surface area contributed by atoms with Gasteiger partial charge < -0.3 is 0 Å². The molecule has 1 aromatic carbocycles. The number of sulfonamides is 1. The number of anilines is 1. The molecule has 0 aliphatic heterocycles. The monoisotopic (exact) mass is 271 g/mol. The smallest absolute Gasteiger partial charge is 0.229 e. The minimum atomic E-state index is -3.14. The van der Waals surface area contributed by atoms with Crippen molar-refractivity contribution in [2.24, 2.45) is 0 Å². The SMILES string of the molecule is C=CSC=C.Cc1ccc(NS(C)(=O)=O)cc1. The van der Waals surface area contributed by atoms with Crippen molar-refractivity contribution in [3.63, 3.8) is 0 Å². The van der Waals surface area contributed by atoms with Gasteiger partial charge >= 0.3 is 0 Å². The maximum absolute atomic E-state index is 10.8. The summed E-state index contributed by atoms with van der Waals surface area (Å²) < 4.78 is 23.9. The molecule has 0 bridgehead atoms. The third-order valence-corrected chi connectivity index (χ3v) is 2.54. The molecule has 0 aliphatic carbocycles. The van der Waals surface area contributed by atoms with E-state index in [-0.39, 0.29) is 0 Å². The van der Waals surface area contributed by atoms with Gasteiger partial charge in [0.2, 0.25) is 10.0 Å². The molecule has 0 saturated carbocycles. The summed E-state index contributed by atoms with van der Waals surface area (Å²) in [7, 11) is -3.14. The normalized spacial score (nSPS) is 9.76. The van der Waals surface area contributed by atoms with E-state index < -0.39 is 10.0 Å². The fourth-order valence-electron chi connectivity index (χ4n) is 0.904. The molecule has 0 atom stereocenters. The summed E-state index contributed by atoms with van der Waals surface area (Å²) in [4.78, 5) is 0. The van der Waals surface area contributed by atoms with Gasteiger partial charge in [0.1, 0.15) is 0 Å². The van der Waals surface area contributed by atoms with E-state index in [1.807, 2.05) is 19.1 Å². The predicted molar refractivity (Wildman–Crippen MR) is 77.6 cm³/mol. The van der Waals surface area contributed by atoms with Crippen molar-refractivity contribution in [2.75, 3.05) is 11.0 Å². The first kappa shape index (κ1) is 15.8. The van der Waals surface area contributed by atoms with Crippen LogP contribution in [0.3, 0.4) is 0 Å². The van der Waals surface area contributed by atoms with E-state index in [2.05, 4.69) is 17.9 Å². The summed E-state index contributed by atoms with van der Waals surface area (Å²) >= 11 is 1.49. The Morgan fingerprint density at radius 2 is 1.65 bits per heavy atom. The lowest BCUT2D eigenvalue weighted by Gasteiger charge is -2.02. The third-order valence-electron chi connectivity index (χ3n) is 1.55. The van der Waals surface area contributed by atoms with E-state index in [1.165, 1.54) is 11.8 Å². The summed E-state index contributed by atoms with van der Waals surface area (Å²) in [6, 6.07) is 7.17. The van der Waals surface area contributed by atoms with Crippen molar-refractivity contribution in [1.29, 1.82) is 0 Å². The van der Waals surface area contributed by atoms with E-state index in [9.17, 15) is 8.42 Å². The van der Waals surface area contributed by atoms with Crippen LogP contribution in [-0.2, 0) is 10.0 Å². The largest absolute Gasteiger partial charge is 0.284 e. The average molecular weight is 271 g/mol. The molecule has 0 aromatic heterocycles. The Morgan fingerprint density at radius 1 is 1.18 bits per heavy atom. The number of nitrogens with one attached hydrogen (secondary N) is 1. The Bertz CT molecular complexity index is 444. The molecule has 0 fully saturated rings. The highest BCUT2D eigenvalue weighted by molar-refractivity contribution is 8.04. The number of thioether (sulfide) groups is 1. The van der Waals surface area contributed by atoms with Gasteiger partial charge in [0, 0.05) is 5.69 Å². The number of benzene rings is 1. The molecule has 0 amide bonds. The van der Waals surface area contributed by atoms with Gasteiger partial charge in [-0.2, -0.15) is 0 Å². The molecule has 1 aromatic rings. The van der Waals surface area contributed by atoms with Gasteiger partial charge in [-0.15, -0.1) is 11.8 Å².